The molecule has 17 heavy (non-hydrogen) atoms. The van der Waals surface area contributed by atoms with Crippen LogP contribution in [0, 0.1) is 0 Å². The predicted molar refractivity (Wildman–Crippen MR) is 65.5 cm³/mol. The quantitative estimate of drug-likeness (QED) is 0.457. The lowest BCUT2D eigenvalue weighted by Gasteiger charge is -2.05. The average Bonchev–Trinajstić information content (AvgIpc) is 2.29. The molecule has 0 aromatic heterocycles. The van der Waals surface area contributed by atoms with Gasteiger partial charge in [-0.05, 0) is 19.4 Å². The fourth-order valence-electron chi connectivity index (χ4n) is 1.08. The van der Waals surface area contributed by atoms with Gasteiger partial charge >= 0.3 is 11.8 Å². The number of hydrazone groups is 1. The van der Waals surface area contributed by atoms with Crippen molar-refractivity contribution in [2.75, 3.05) is 0 Å². The van der Waals surface area contributed by atoms with Crippen LogP contribution in [0.4, 0.5) is 0 Å². The van der Waals surface area contributed by atoms with Crippen LogP contribution >= 0.6 is 0 Å². The molecule has 5 nitrogen and oxygen atoms in total. The van der Waals surface area contributed by atoms with Gasteiger partial charge in [-0.1, -0.05) is 30.3 Å². The molecule has 5 heteroatoms. The Hall–Kier alpha value is -2.17. The van der Waals surface area contributed by atoms with Gasteiger partial charge in [-0.15, -0.1) is 0 Å². The number of amides is 2. The summed E-state index contributed by atoms with van der Waals surface area (Å²) in [6, 6.07) is 9.19. The monoisotopic (exact) mass is 233 g/mol. The minimum Gasteiger partial charge on any atom is -0.346 e. The largest absolute Gasteiger partial charge is 0.346 e. The van der Waals surface area contributed by atoms with E-state index in [2.05, 4.69) is 15.8 Å². The van der Waals surface area contributed by atoms with Gasteiger partial charge in [0.05, 0.1) is 6.21 Å². The molecule has 0 unspecified atom stereocenters. The van der Waals surface area contributed by atoms with Crippen molar-refractivity contribution in [2.45, 2.75) is 19.9 Å². The lowest BCUT2D eigenvalue weighted by molar-refractivity contribution is -0.139. The van der Waals surface area contributed by atoms with Crippen molar-refractivity contribution in [3.8, 4) is 0 Å². The summed E-state index contributed by atoms with van der Waals surface area (Å²) in [7, 11) is 0. The van der Waals surface area contributed by atoms with Crippen LogP contribution in [0.15, 0.2) is 35.4 Å². The Labute approximate surface area is 99.9 Å². The van der Waals surface area contributed by atoms with Gasteiger partial charge in [-0.3, -0.25) is 9.59 Å². The molecule has 1 aromatic rings. The van der Waals surface area contributed by atoms with E-state index in [1.54, 1.807) is 13.8 Å². The fraction of sp³-hybridized carbons (Fsp3) is 0.250. The Morgan fingerprint density at radius 3 is 2.41 bits per heavy atom. The van der Waals surface area contributed by atoms with Gasteiger partial charge in [-0.25, -0.2) is 5.43 Å². The van der Waals surface area contributed by atoms with E-state index in [0.29, 0.717) is 0 Å². The van der Waals surface area contributed by atoms with Crippen LogP contribution in [0.2, 0.25) is 0 Å². The van der Waals surface area contributed by atoms with Gasteiger partial charge in [-0.2, -0.15) is 5.10 Å². The summed E-state index contributed by atoms with van der Waals surface area (Å²) in [5.74, 6) is -1.46. The number of nitrogens with one attached hydrogen (secondary N) is 2. The van der Waals surface area contributed by atoms with E-state index >= 15 is 0 Å². The summed E-state index contributed by atoms with van der Waals surface area (Å²) >= 11 is 0. The van der Waals surface area contributed by atoms with Crippen molar-refractivity contribution in [3.63, 3.8) is 0 Å². The van der Waals surface area contributed by atoms with Gasteiger partial charge < -0.3 is 5.32 Å². The third-order valence-electron chi connectivity index (χ3n) is 1.81. The highest BCUT2D eigenvalue weighted by molar-refractivity contribution is 6.35. The van der Waals surface area contributed by atoms with E-state index in [0.717, 1.165) is 5.56 Å². The number of nitrogens with zero attached hydrogens (tertiary/aromatic N) is 1. The lowest BCUT2D eigenvalue weighted by atomic mass is 10.2. The molecule has 1 aromatic carbocycles. The maximum atomic E-state index is 11.2. The second kappa shape index (κ2) is 6.42. The molecule has 0 fully saturated rings. The van der Waals surface area contributed by atoms with E-state index < -0.39 is 11.8 Å². The molecule has 0 saturated carbocycles. The zero-order valence-corrected chi connectivity index (χ0v) is 9.81. The topological polar surface area (TPSA) is 70.6 Å². The summed E-state index contributed by atoms with van der Waals surface area (Å²) in [6.45, 7) is 3.55. The Kier molecular flexibility index (Phi) is 4.87. The first-order valence-electron chi connectivity index (χ1n) is 5.28. The van der Waals surface area contributed by atoms with E-state index in [1.807, 2.05) is 30.3 Å². The molecule has 0 radical (unpaired) electrons. The van der Waals surface area contributed by atoms with Crippen LogP contribution in [-0.2, 0) is 9.59 Å². The van der Waals surface area contributed by atoms with Gasteiger partial charge in [0.2, 0.25) is 0 Å². The van der Waals surface area contributed by atoms with Crippen molar-refractivity contribution >= 4 is 18.0 Å². The lowest BCUT2D eigenvalue weighted by Crippen LogP contribution is -2.41. The maximum Gasteiger partial charge on any atom is 0.329 e. The number of hydrogen-bond acceptors (Lipinski definition) is 3. The van der Waals surface area contributed by atoms with Gasteiger partial charge in [0.15, 0.2) is 0 Å². The number of carbonyl (C=O) groups is 2. The van der Waals surface area contributed by atoms with Gasteiger partial charge in [0.25, 0.3) is 0 Å². The molecule has 90 valence electrons. The first-order valence-corrected chi connectivity index (χ1v) is 5.28. The minimum absolute atomic E-state index is 0.0775. The van der Waals surface area contributed by atoms with Crippen molar-refractivity contribution in [3.05, 3.63) is 35.9 Å². The molecular formula is C12H15N3O2. The van der Waals surface area contributed by atoms with E-state index in [9.17, 15) is 9.59 Å². The molecule has 1 rings (SSSR count). The molecular weight excluding hydrogens is 218 g/mol. The number of carbonyl (C=O) groups excluding carboxylic acids is 2. The smallest absolute Gasteiger partial charge is 0.329 e. The van der Waals surface area contributed by atoms with E-state index in [1.165, 1.54) is 6.21 Å². The van der Waals surface area contributed by atoms with Crippen LogP contribution in [-0.4, -0.2) is 24.1 Å². The van der Waals surface area contributed by atoms with Crippen LogP contribution in [0.25, 0.3) is 0 Å². The Morgan fingerprint density at radius 1 is 1.18 bits per heavy atom. The zero-order chi connectivity index (χ0) is 12.7. The third kappa shape index (κ3) is 4.92. The molecule has 0 aliphatic heterocycles. The molecule has 0 atom stereocenters. The molecule has 0 aliphatic carbocycles. The summed E-state index contributed by atoms with van der Waals surface area (Å²) < 4.78 is 0. The number of rotatable bonds is 3. The molecule has 2 amide bonds. The zero-order valence-electron chi connectivity index (χ0n) is 9.81. The van der Waals surface area contributed by atoms with Crippen molar-refractivity contribution in [2.24, 2.45) is 5.10 Å². The maximum absolute atomic E-state index is 11.2. The highest BCUT2D eigenvalue weighted by Crippen LogP contribution is 1.92. The highest BCUT2D eigenvalue weighted by atomic mass is 16.2. The second-order valence-corrected chi connectivity index (χ2v) is 3.74. The molecule has 0 heterocycles. The summed E-state index contributed by atoms with van der Waals surface area (Å²) in [4.78, 5) is 22.4. The molecule has 0 spiro atoms. The van der Waals surface area contributed by atoms with E-state index in [-0.39, 0.29) is 6.04 Å². The summed E-state index contributed by atoms with van der Waals surface area (Å²) in [5, 5.41) is 6.15. The molecule has 0 saturated heterocycles. The molecule has 2 N–H and O–H groups in total. The highest BCUT2D eigenvalue weighted by Gasteiger charge is 2.12. The second-order valence-electron chi connectivity index (χ2n) is 3.74. The number of benzene rings is 1. The normalized spacial score (nSPS) is 10.5. The van der Waals surface area contributed by atoms with Crippen molar-refractivity contribution in [1.82, 2.24) is 10.7 Å². The predicted octanol–water partition coefficient (Wildman–Crippen LogP) is 0.661. The number of hydrogen-bond donors (Lipinski definition) is 2. The van der Waals surface area contributed by atoms with Crippen LogP contribution in [0.5, 0.6) is 0 Å². The minimum atomic E-state index is -0.772. The SMILES string of the molecule is CC(C)NC(=O)C(=O)N/N=C/c1ccccc1. The molecule has 0 aliphatic rings. The van der Waals surface area contributed by atoms with Crippen LogP contribution in [0.1, 0.15) is 19.4 Å². The first-order chi connectivity index (χ1) is 8.09. The molecule has 0 bridgehead atoms. The van der Waals surface area contributed by atoms with Crippen molar-refractivity contribution in [1.29, 1.82) is 0 Å². The standard InChI is InChI=1S/C12H15N3O2/c1-9(2)14-11(16)12(17)15-13-8-10-6-4-3-5-7-10/h3-9H,1-2H3,(H,14,16)(H,15,17)/b13-8+. The Balaban J connectivity index is 2.43. The summed E-state index contributed by atoms with van der Waals surface area (Å²) in [5.41, 5.74) is 3.00. The Morgan fingerprint density at radius 2 is 1.82 bits per heavy atom. The van der Waals surface area contributed by atoms with Crippen molar-refractivity contribution < 1.29 is 9.59 Å². The first kappa shape index (κ1) is 12.9. The summed E-state index contributed by atoms with van der Waals surface area (Å²) in [6.07, 6.45) is 1.47. The average molecular weight is 233 g/mol. The van der Waals surface area contributed by atoms with Crippen LogP contribution < -0.4 is 10.7 Å². The van der Waals surface area contributed by atoms with E-state index in [4.69, 9.17) is 0 Å². The fourth-order valence-corrected chi connectivity index (χ4v) is 1.08. The van der Waals surface area contributed by atoms with Gasteiger partial charge in [0.1, 0.15) is 0 Å². The third-order valence-corrected chi connectivity index (χ3v) is 1.81. The van der Waals surface area contributed by atoms with Gasteiger partial charge in [0, 0.05) is 6.04 Å². The Bertz CT molecular complexity index is 413. The van der Waals surface area contributed by atoms with Crippen LogP contribution in [0.3, 0.4) is 0 Å².